The van der Waals surface area contributed by atoms with Crippen LogP contribution >= 0.6 is 11.3 Å². The molecule has 0 atom stereocenters. The molecule has 4 rings (SSSR count). The lowest BCUT2D eigenvalue weighted by molar-refractivity contribution is -0.167. The molecule has 0 unspecified atom stereocenters. The van der Waals surface area contributed by atoms with Gasteiger partial charge in [0.25, 0.3) is 10.1 Å². The Labute approximate surface area is 208 Å². The zero-order chi connectivity index (χ0) is 25.9. The van der Waals surface area contributed by atoms with Crippen LogP contribution in [0.4, 0.5) is 18.9 Å². The Bertz CT molecular complexity index is 1470. The first kappa shape index (κ1) is 25.6. The van der Waals surface area contributed by atoms with Crippen LogP contribution in [-0.4, -0.2) is 38.7 Å². The maximum Gasteiger partial charge on any atom is 0.471 e. The van der Waals surface area contributed by atoms with E-state index in [4.69, 9.17) is 8.92 Å². The molecule has 1 N–H and O–H groups in total. The monoisotopic (exact) mass is 536 g/mol. The van der Waals surface area contributed by atoms with Gasteiger partial charge in [0.15, 0.2) is 0 Å². The number of hydrogen-bond acceptors (Lipinski definition) is 7. The molecule has 0 aliphatic rings. The summed E-state index contributed by atoms with van der Waals surface area (Å²) in [5.41, 5.74) is 1.93. The molecule has 1 heterocycles. The summed E-state index contributed by atoms with van der Waals surface area (Å²) in [5.74, 6) is -2.03. The summed E-state index contributed by atoms with van der Waals surface area (Å²) in [5, 5.41) is 2.32. The van der Waals surface area contributed by atoms with Crippen LogP contribution in [0.5, 0.6) is 5.75 Å². The van der Waals surface area contributed by atoms with Gasteiger partial charge in [-0.05, 0) is 43.3 Å². The second-order valence-electron chi connectivity index (χ2n) is 7.59. The number of aryl methyl sites for hydroxylation is 1. The highest BCUT2D eigenvalue weighted by molar-refractivity contribution is 7.86. The number of benzene rings is 3. The third-order valence-electron chi connectivity index (χ3n) is 4.91. The summed E-state index contributed by atoms with van der Waals surface area (Å²) in [6.07, 6.45) is -5.06. The Morgan fingerprint density at radius 2 is 1.75 bits per heavy atom. The zero-order valence-corrected chi connectivity index (χ0v) is 20.3. The summed E-state index contributed by atoms with van der Waals surface area (Å²) in [4.78, 5) is 15.9. The van der Waals surface area contributed by atoms with Crippen LogP contribution in [0.25, 0.3) is 20.8 Å². The van der Waals surface area contributed by atoms with Gasteiger partial charge in [-0.3, -0.25) is 8.98 Å². The van der Waals surface area contributed by atoms with Crippen LogP contribution in [0.3, 0.4) is 0 Å². The first-order valence-corrected chi connectivity index (χ1v) is 12.7. The van der Waals surface area contributed by atoms with Gasteiger partial charge >= 0.3 is 12.1 Å². The summed E-state index contributed by atoms with van der Waals surface area (Å²) >= 11 is 1.34. The summed E-state index contributed by atoms with van der Waals surface area (Å²) < 4.78 is 74.4. The molecule has 1 amide bonds. The Hall–Kier alpha value is -3.48. The molecule has 0 bridgehead atoms. The van der Waals surface area contributed by atoms with E-state index in [0.717, 1.165) is 15.8 Å². The minimum atomic E-state index is -5.06. The lowest BCUT2D eigenvalue weighted by Gasteiger charge is -2.14. The van der Waals surface area contributed by atoms with Gasteiger partial charge in [-0.25, -0.2) is 4.98 Å². The van der Waals surface area contributed by atoms with E-state index in [-0.39, 0.29) is 29.5 Å². The van der Waals surface area contributed by atoms with Gasteiger partial charge in [-0.2, -0.15) is 21.6 Å². The van der Waals surface area contributed by atoms with Crippen molar-refractivity contribution in [1.29, 1.82) is 0 Å². The summed E-state index contributed by atoms with van der Waals surface area (Å²) in [6.45, 7) is 1.23. The minimum Gasteiger partial charge on any atom is -0.490 e. The van der Waals surface area contributed by atoms with Crippen LogP contribution in [0, 0.1) is 6.92 Å². The maximum absolute atomic E-state index is 12.7. The van der Waals surface area contributed by atoms with Crippen molar-refractivity contribution in [2.24, 2.45) is 0 Å². The number of fused-ring (bicyclic) bond motifs is 1. The van der Waals surface area contributed by atoms with E-state index < -0.39 is 22.2 Å². The lowest BCUT2D eigenvalue weighted by atomic mass is 10.2. The number of para-hydroxylation sites is 1. The predicted molar refractivity (Wildman–Crippen MR) is 130 cm³/mol. The second-order valence-corrected chi connectivity index (χ2v) is 10.2. The molecule has 12 heteroatoms. The molecule has 0 saturated heterocycles. The van der Waals surface area contributed by atoms with Crippen LogP contribution in [0.15, 0.2) is 71.6 Å². The van der Waals surface area contributed by atoms with Crippen LogP contribution in [0.2, 0.25) is 0 Å². The molecule has 36 heavy (non-hydrogen) atoms. The molecule has 0 spiro atoms. The molecular formula is C24H19F3N2O5S2. The number of halogens is 3. The Balaban J connectivity index is 1.54. The molecule has 3 aromatic carbocycles. The maximum atomic E-state index is 12.7. The van der Waals surface area contributed by atoms with E-state index in [9.17, 15) is 26.4 Å². The van der Waals surface area contributed by atoms with Gasteiger partial charge < -0.3 is 10.1 Å². The average molecular weight is 537 g/mol. The first-order chi connectivity index (χ1) is 17.0. The fourth-order valence-electron chi connectivity index (χ4n) is 3.15. The third kappa shape index (κ3) is 6.01. The highest BCUT2D eigenvalue weighted by atomic mass is 32.2. The number of rotatable bonds is 8. The highest BCUT2D eigenvalue weighted by Gasteiger charge is 2.38. The van der Waals surface area contributed by atoms with E-state index in [0.29, 0.717) is 10.6 Å². The number of carbonyl (C=O) groups excluding carboxylic acids is 1. The van der Waals surface area contributed by atoms with Crippen molar-refractivity contribution in [2.45, 2.75) is 18.0 Å². The van der Waals surface area contributed by atoms with E-state index >= 15 is 0 Å². The molecule has 4 aromatic rings. The fourth-order valence-corrected chi connectivity index (χ4v) is 5.04. The number of nitrogens with one attached hydrogen (secondary N) is 1. The minimum absolute atomic E-state index is 0.0138. The molecule has 0 fully saturated rings. The SMILES string of the molecule is Cc1ccc(S(=O)(=O)OCCOc2cc(NC(=O)C(F)(F)F)ccc2-c2nc3ccccc3s2)cc1. The first-order valence-electron chi connectivity index (χ1n) is 10.5. The third-order valence-corrected chi connectivity index (χ3v) is 7.31. The van der Waals surface area contributed by atoms with Gasteiger partial charge in [-0.15, -0.1) is 11.3 Å². The lowest BCUT2D eigenvalue weighted by Crippen LogP contribution is -2.29. The smallest absolute Gasteiger partial charge is 0.471 e. The van der Waals surface area contributed by atoms with Crippen molar-refractivity contribution >= 4 is 43.3 Å². The molecule has 188 valence electrons. The number of amides is 1. The summed E-state index contributed by atoms with van der Waals surface area (Å²) in [7, 11) is -4.02. The number of anilines is 1. The zero-order valence-electron chi connectivity index (χ0n) is 18.7. The number of ether oxygens (including phenoxy) is 1. The Morgan fingerprint density at radius 3 is 2.44 bits per heavy atom. The molecule has 0 saturated carbocycles. The van der Waals surface area contributed by atoms with Crippen LogP contribution in [-0.2, 0) is 19.1 Å². The molecule has 0 aliphatic carbocycles. The topological polar surface area (TPSA) is 94.6 Å². The molecule has 7 nitrogen and oxygen atoms in total. The Morgan fingerprint density at radius 1 is 1.03 bits per heavy atom. The van der Waals surface area contributed by atoms with Crippen molar-refractivity contribution in [2.75, 3.05) is 18.5 Å². The molecule has 0 aliphatic heterocycles. The second kappa shape index (κ2) is 10.2. The van der Waals surface area contributed by atoms with Gasteiger partial charge in [0.2, 0.25) is 0 Å². The fraction of sp³-hybridized carbons (Fsp3) is 0.167. The normalized spacial score (nSPS) is 12.0. The largest absolute Gasteiger partial charge is 0.490 e. The van der Waals surface area contributed by atoms with E-state index in [1.54, 1.807) is 17.4 Å². The van der Waals surface area contributed by atoms with E-state index in [1.165, 1.54) is 41.7 Å². The van der Waals surface area contributed by atoms with Gasteiger partial charge in [0.05, 0.1) is 20.7 Å². The van der Waals surface area contributed by atoms with Gasteiger partial charge in [0, 0.05) is 11.8 Å². The number of nitrogens with zero attached hydrogens (tertiary/aromatic N) is 1. The number of aromatic nitrogens is 1. The van der Waals surface area contributed by atoms with Crippen LogP contribution < -0.4 is 10.1 Å². The summed E-state index contributed by atoms with van der Waals surface area (Å²) in [6, 6.07) is 17.5. The van der Waals surface area contributed by atoms with Crippen molar-refractivity contribution < 1.29 is 35.3 Å². The molecule has 1 aromatic heterocycles. The number of carbonyl (C=O) groups is 1. The predicted octanol–water partition coefficient (Wildman–Crippen LogP) is 5.56. The average Bonchev–Trinajstić information content (AvgIpc) is 3.26. The number of alkyl halides is 3. The highest BCUT2D eigenvalue weighted by Crippen LogP contribution is 2.37. The van der Waals surface area contributed by atoms with Crippen molar-refractivity contribution in [3.63, 3.8) is 0 Å². The Kier molecular flexibility index (Phi) is 7.29. The van der Waals surface area contributed by atoms with E-state index in [2.05, 4.69) is 4.98 Å². The standard InChI is InChI=1S/C24H19F3N2O5S2/c1-15-6-9-17(10-7-15)36(31,32)34-13-12-33-20-14-16(28-23(30)24(25,26)27)8-11-18(20)22-29-19-4-2-3-5-21(19)35-22/h2-11,14H,12-13H2,1H3,(H,28,30). The van der Waals surface area contributed by atoms with Crippen LogP contribution in [0.1, 0.15) is 5.56 Å². The number of hydrogen-bond donors (Lipinski definition) is 1. The van der Waals surface area contributed by atoms with Gasteiger partial charge in [0.1, 0.15) is 24.0 Å². The van der Waals surface area contributed by atoms with Gasteiger partial charge in [-0.1, -0.05) is 29.8 Å². The molecule has 0 radical (unpaired) electrons. The van der Waals surface area contributed by atoms with E-state index in [1.807, 2.05) is 31.2 Å². The molecular weight excluding hydrogens is 517 g/mol. The van der Waals surface area contributed by atoms with Crippen molar-refractivity contribution in [3.8, 4) is 16.3 Å². The number of thiazole rings is 1. The van der Waals surface area contributed by atoms with Crippen molar-refractivity contribution in [3.05, 3.63) is 72.3 Å². The quantitative estimate of drug-likeness (QED) is 0.234. The van der Waals surface area contributed by atoms with Crippen molar-refractivity contribution in [1.82, 2.24) is 4.98 Å².